The van der Waals surface area contributed by atoms with Gasteiger partial charge in [0.05, 0.1) is 0 Å². The SMILES string of the molecule is CC(C)CNC(=O)[C@H]1O[C@@H]2OC(C)(C)O[C@@H]2[C@H]1ONC(=O)[C@H]1O[C@@H]2OC(C)(C)O[C@@H]2[C@H]1ONC(=O)[C@H]1O[C@@H]2OC(C)(C)O[C@@H]2[C@H]1ONC(=O)C(C)(C)C. The van der Waals surface area contributed by atoms with E-state index in [0.717, 1.165) is 0 Å². The van der Waals surface area contributed by atoms with Gasteiger partial charge in [-0.2, -0.15) is 0 Å². The molecule has 4 amide bonds. The van der Waals surface area contributed by atoms with E-state index < -0.39 is 120 Å². The van der Waals surface area contributed by atoms with E-state index in [9.17, 15) is 19.2 Å². The Bertz CT molecular complexity index is 1420. The van der Waals surface area contributed by atoms with Crippen LogP contribution >= 0.6 is 0 Å². The molecule has 4 N–H and O–H groups in total. The normalized spacial score (nSPS) is 39.0. The predicted molar refractivity (Wildman–Crippen MR) is 172 cm³/mol. The van der Waals surface area contributed by atoms with Gasteiger partial charge in [0.2, 0.25) is 5.91 Å². The molecule has 6 fully saturated rings. The molecule has 53 heavy (non-hydrogen) atoms. The lowest BCUT2D eigenvalue weighted by Crippen LogP contribution is -2.53. The Morgan fingerprint density at radius 2 is 0.906 bits per heavy atom. The number of fused-ring (bicyclic) bond motifs is 3. The lowest BCUT2D eigenvalue weighted by molar-refractivity contribution is -0.234. The molecule has 6 heterocycles. The maximum Gasteiger partial charge on any atom is 0.275 e. The summed E-state index contributed by atoms with van der Waals surface area (Å²) in [6, 6.07) is 0. The summed E-state index contributed by atoms with van der Waals surface area (Å²) in [6.07, 6.45) is -13.4. The predicted octanol–water partition coefficient (Wildman–Crippen LogP) is -0.317. The highest BCUT2D eigenvalue weighted by Gasteiger charge is 2.62. The van der Waals surface area contributed by atoms with Crippen LogP contribution in [-0.4, -0.2) is 121 Å². The van der Waals surface area contributed by atoms with Gasteiger partial charge in [-0.25, -0.2) is 16.4 Å². The van der Waals surface area contributed by atoms with Gasteiger partial charge in [0.15, 0.2) is 72.9 Å². The highest BCUT2D eigenvalue weighted by atomic mass is 16.9. The number of rotatable bonds is 11. The summed E-state index contributed by atoms with van der Waals surface area (Å²) in [5, 5.41) is 2.80. The molecule has 6 aliphatic rings. The fourth-order valence-corrected chi connectivity index (χ4v) is 6.51. The third-order valence-corrected chi connectivity index (χ3v) is 8.99. The first kappa shape index (κ1) is 40.1. The Balaban J connectivity index is 1.13. The van der Waals surface area contributed by atoms with Crippen LogP contribution in [-0.2, 0) is 76.3 Å². The van der Waals surface area contributed by atoms with E-state index >= 15 is 0 Å². The van der Waals surface area contributed by atoms with E-state index in [0.29, 0.717) is 6.54 Å². The molecule has 300 valence electrons. The molecule has 0 saturated carbocycles. The molecule has 0 aromatic carbocycles. The van der Waals surface area contributed by atoms with Gasteiger partial charge in [0.1, 0.15) is 18.3 Å². The van der Waals surface area contributed by atoms with Crippen LogP contribution in [0.2, 0.25) is 0 Å². The Kier molecular flexibility index (Phi) is 10.9. The van der Waals surface area contributed by atoms with Crippen LogP contribution in [0, 0.1) is 11.3 Å². The van der Waals surface area contributed by atoms with E-state index in [1.165, 1.54) is 0 Å². The largest absolute Gasteiger partial charge is 0.353 e. The van der Waals surface area contributed by atoms with E-state index in [-0.39, 0.29) is 5.92 Å². The number of nitrogens with one attached hydrogen (secondary N) is 4. The summed E-state index contributed by atoms with van der Waals surface area (Å²) >= 11 is 0. The van der Waals surface area contributed by atoms with Gasteiger partial charge in [-0.15, -0.1) is 0 Å². The minimum absolute atomic E-state index is 0.164. The average Bonchev–Trinajstić information content (AvgIpc) is 3.83. The second kappa shape index (κ2) is 14.5. The summed E-state index contributed by atoms with van der Waals surface area (Å²) in [5.41, 5.74) is 6.23. The molecule has 20 nitrogen and oxygen atoms in total. The molecule has 6 saturated heterocycles. The van der Waals surface area contributed by atoms with Crippen molar-refractivity contribution in [1.29, 1.82) is 0 Å². The van der Waals surface area contributed by atoms with Crippen molar-refractivity contribution in [3.05, 3.63) is 0 Å². The molecule has 0 aliphatic carbocycles. The first-order chi connectivity index (χ1) is 24.5. The third kappa shape index (κ3) is 8.63. The maximum atomic E-state index is 13.7. The third-order valence-electron chi connectivity index (χ3n) is 8.99. The summed E-state index contributed by atoms with van der Waals surface area (Å²) in [5.74, 6) is -5.66. The van der Waals surface area contributed by atoms with Crippen LogP contribution in [0.5, 0.6) is 0 Å². The molecule has 6 rings (SSSR count). The second-order valence-electron chi connectivity index (χ2n) is 16.6. The van der Waals surface area contributed by atoms with Crippen molar-refractivity contribution in [1.82, 2.24) is 21.8 Å². The first-order valence-corrected chi connectivity index (χ1v) is 17.7. The minimum atomic E-state index is -1.46. The molecule has 20 heteroatoms. The summed E-state index contributed by atoms with van der Waals surface area (Å²) in [7, 11) is 0. The Morgan fingerprint density at radius 3 is 1.25 bits per heavy atom. The van der Waals surface area contributed by atoms with Crippen molar-refractivity contribution in [2.24, 2.45) is 11.3 Å². The zero-order valence-electron chi connectivity index (χ0n) is 31.7. The maximum absolute atomic E-state index is 13.7. The number of hydrogen-bond acceptors (Lipinski definition) is 16. The molecule has 0 aromatic rings. The fourth-order valence-electron chi connectivity index (χ4n) is 6.51. The highest BCUT2D eigenvalue weighted by Crippen LogP contribution is 2.41. The van der Waals surface area contributed by atoms with Crippen LogP contribution in [0.4, 0.5) is 0 Å². The molecular weight excluding hydrogens is 708 g/mol. The molecule has 12 atom stereocenters. The lowest BCUT2D eigenvalue weighted by atomic mass is 9.96. The molecule has 0 bridgehead atoms. The van der Waals surface area contributed by atoms with E-state index in [4.69, 9.17) is 57.1 Å². The van der Waals surface area contributed by atoms with Crippen LogP contribution in [0.15, 0.2) is 0 Å². The van der Waals surface area contributed by atoms with Crippen LogP contribution in [0.25, 0.3) is 0 Å². The van der Waals surface area contributed by atoms with Crippen molar-refractivity contribution in [3.63, 3.8) is 0 Å². The van der Waals surface area contributed by atoms with Gasteiger partial charge in [-0.1, -0.05) is 34.6 Å². The Labute approximate surface area is 306 Å². The number of hydrogen-bond donors (Lipinski definition) is 4. The fraction of sp³-hybridized carbons (Fsp3) is 0.879. The zero-order valence-corrected chi connectivity index (χ0v) is 31.7. The standard InChI is InChI=1S/C33H52N4O16/c1-13(2)12-34-23(38)17-14(20-26(42-17)48-31(6,7)45-20)51-35-24(39)18-15(21-27(43-18)49-32(8,9)46-21)52-36-25(40)19-16(53-37-29(41)30(3,4)5)22-28(44-19)50-33(10,11)47-22/h13-22,26-28H,12H2,1-11H3,(H,34,38)(H,35,39)(H,36,40)(H,37,41)/t14-,15-,16-,17-,18-,19-,20+,21+,22+,26+,27+,28+/m0/s1. The molecule has 6 aliphatic heterocycles. The Hall–Kier alpha value is -2.60. The summed E-state index contributed by atoms with van der Waals surface area (Å²) < 4.78 is 52.9. The molecule has 0 spiro atoms. The van der Waals surface area contributed by atoms with Gasteiger partial charge in [0, 0.05) is 12.0 Å². The van der Waals surface area contributed by atoms with Gasteiger partial charge in [0.25, 0.3) is 17.7 Å². The topological polar surface area (TPSA) is 227 Å². The Morgan fingerprint density at radius 1 is 0.566 bits per heavy atom. The van der Waals surface area contributed by atoms with Crippen molar-refractivity contribution in [2.75, 3.05) is 6.54 Å². The van der Waals surface area contributed by atoms with Crippen molar-refractivity contribution < 1.29 is 76.3 Å². The first-order valence-electron chi connectivity index (χ1n) is 17.7. The monoisotopic (exact) mass is 760 g/mol. The summed E-state index contributed by atoms with van der Waals surface area (Å²) in [4.78, 5) is 70.3. The number of amides is 4. The number of ether oxygens (including phenoxy) is 9. The van der Waals surface area contributed by atoms with Gasteiger partial charge in [-0.3, -0.25) is 33.7 Å². The molecule has 0 radical (unpaired) electrons. The van der Waals surface area contributed by atoms with Crippen LogP contribution < -0.4 is 21.8 Å². The summed E-state index contributed by atoms with van der Waals surface area (Å²) in [6.45, 7) is 19.3. The second-order valence-corrected chi connectivity index (χ2v) is 16.6. The molecule has 0 aromatic heterocycles. The highest BCUT2D eigenvalue weighted by molar-refractivity contribution is 5.83. The van der Waals surface area contributed by atoms with Crippen LogP contribution in [0.3, 0.4) is 0 Å². The zero-order chi connectivity index (χ0) is 38.8. The number of hydroxylamine groups is 3. The number of carbonyl (C=O) groups excluding carboxylic acids is 4. The van der Waals surface area contributed by atoms with Gasteiger partial charge < -0.3 is 47.9 Å². The number of carbonyl (C=O) groups is 4. The minimum Gasteiger partial charge on any atom is -0.353 e. The van der Waals surface area contributed by atoms with E-state index in [2.05, 4.69) is 21.8 Å². The molecule has 0 unspecified atom stereocenters. The van der Waals surface area contributed by atoms with Crippen molar-refractivity contribution >= 4 is 23.6 Å². The van der Waals surface area contributed by atoms with Crippen molar-refractivity contribution in [2.45, 2.75) is 167 Å². The quantitative estimate of drug-likeness (QED) is 0.198. The van der Waals surface area contributed by atoms with Crippen LogP contribution in [0.1, 0.15) is 76.2 Å². The van der Waals surface area contributed by atoms with E-state index in [1.807, 2.05) is 13.8 Å². The lowest BCUT2D eigenvalue weighted by Gasteiger charge is -2.28. The smallest absolute Gasteiger partial charge is 0.275 e. The molecular formula is C33H52N4O16. The van der Waals surface area contributed by atoms with E-state index in [1.54, 1.807) is 62.3 Å². The van der Waals surface area contributed by atoms with Gasteiger partial charge >= 0.3 is 0 Å². The average molecular weight is 761 g/mol. The van der Waals surface area contributed by atoms with Crippen molar-refractivity contribution in [3.8, 4) is 0 Å². The van der Waals surface area contributed by atoms with Gasteiger partial charge in [-0.05, 0) is 47.5 Å².